The van der Waals surface area contributed by atoms with Crippen LogP contribution in [0.5, 0.6) is 0 Å². The number of hydrogen-bond acceptors (Lipinski definition) is 0. The maximum atomic E-state index is 13.7. The third-order valence-corrected chi connectivity index (χ3v) is 4.66. The molecule has 0 nitrogen and oxygen atoms in total. The van der Waals surface area contributed by atoms with Crippen LogP contribution in [0.3, 0.4) is 0 Å². The van der Waals surface area contributed by atoms with Crippen LogP contribution in [0.4, 0.5) is 61.5 Å². The molecule has 0 spiro atoms. The maximum Gasteiger partial charge on any atom is 0.383 e. The molecule has 0 fully saturated rings. The van der Waals surface area contributed by atoms with Gasteiger partial charge in [0.25, 0.3) is 0 Å². The minimum atomic E-state index is -6.21. The zero-order valence-corrected chi connectivity index (χ0v) is 13.6. The van der Waals surface area contributed by atoms with Crippen LogP contribution in [0.1, 0.15) is 11.1 Å². The van der Waals surface area contributed by atoms with Gasteiger partial charge in [-0.15, -0.1) is 0 Å². The summed E-state index contributed by atoms with van der Waals surface area (Å²) in [6, 6.07) is 0.0579. The molecule has 2 aliphatic carbocycles. The van der Waals surface area contributed by atoms with Gasteiger partial charge in [0.05, 0.1) is 11.1 Å². The van der Waals surface area contributed by atoms with Gasteiger partial charge in [0.15, 0.2) is 11.7 Å². The van der Waals surface area contributed by atoms with Crippen LogP contribution >= 0.6 is 0 Å². The van der Waals surface area contributed by atoms with E-state index in [-0.39, 0.29) is 24.3 Å². The van der Waals surface area contributed by atoms with Crippen molar-refractivity contribution in [1.29, 1.82) is 0 Å². The quantitative estimate of drug-likeness (QED) is 0.420. The number of halogens is 14. The van der Waals surface area contributed by atoms with E-state index in [0.29, 0.717) is 0 Å². The maximum absolute atomic E-state index is 13.7. The van der Waals surface area contributed by atoms with Crippen molar-refractivity contribution < 1.29 is 61.5 Å². The summed E-state index contributed by atoms with van der Waals surface area (Å²) in [5.41, 5.74) is -7.93. The molecule has 0 atom stereocenters. The van der Waals surface area contributed by atoms with E-state index in [4.69, 9.17) is 0 Å². The molecule has 0 aromatic heterocycles. The van der Waals surface area contributed by atoms with Crippen LogP contribution in [-0.4, -0.2) is 35.5 Å². The predicted molar refractivity (Wildman–Crippen MR) is 72.2 cm³/mol. The molecule has 0 amide bonds. The lowest BCUT2D eigenvalue weighted by Crippen LogP contribution is -2.48. The molecule has 0 saturated heterocycles. The molecule has 0 bridgehead atoms. The highest BCUT2D eigenvalue weighted by Crippen LogP contribution is 2.64. The Hall–Kier alpha value is -2.28. The van der Waals surface area contributed by atoms with Gasteiger partial charge in [0.2, 0.25) is 0 Å². The second-order valence-electron chi connectivity index (χ2n) is 6.40. The van der Waals surface area contributed by atoms with Crippen molar-refractivity contribution in [3.05, 3.63) is 47.0 Å². The fraction of sp³-hybridized carbons (Fsp3) is 0.375. The molecule has 0 radical (unpaired) electrons. The van der Waals surface area contributed by atoms with E-state index >= 15 is 0 Å². The van der Waals surface area contributed by atoms with Gasteiger partial charge in [-0.1, -0.05) is 24.3 Å². The van der Waals surface area contributed by atoms with Gasteiger partial charge in [-0.2, -0.15) is 52.7 Å². The number of benzene rings is 1. The molecule has 0 N–H and O–H groups in total. The molecular formula is C16H4F14. The van der Waals surface area contributed by atoms with E-state index in [1.807, 2.05) is 0 Å². The molecule has 2 aliphatic rings. The monoisotopic (exact) mass is 462 g/mol. The van der Waals surface area contributed by atoms with Gasteiger partial charge in [-0.25, -0.2) is 8.78 Å². The molecule has 30 heavy (non-hydrogen) atoms. The zero-order valence-electron chi connectivity index (χ0n) is 13.6. The molecule has 1 aromatic carbocycles. The number of allylic oxidation sites excluding steroid dienone is 4. The van der Waals surface area contributed by atoms with Gasteiger partial charge < -0.3 is 0 Å². The minimum Gasteiger partial charge on any atom is -0.204 e. The summed E-state index contributed by atoms with van der Waals surface area (Å²) in [5, 5.41) is 0. The second-order valence-corrected chi connectivity index (χ2v) is 6.40. The first-order chi connectivity index (χ1) is 13.3. The number of hydrogen-bond donors (Lipinski definition) is 0. The summed E-state index contributed by atoms with van der Waals surface area (Å²) in [5.74, 6) is -42.4. The highest BCUT2D eigenvalue weighted by molar-refractivity contribution is 5.82. The van der Waals surface area contributed by atoms with Gasteiger partial charge in [-0.3, -0.25) is 0 Å². The summed E-state index contributed by atoms with van der Waals surface area (Å²) < 4.78 is 188. The smallest absolute Gasteiger partial charge is 0.204 e. The molecule has 0 heterocycles. The summed E-state index contributed by atoms with van der Waals surface area (Å²) >= 11 is 0. The van der Waals surface area contributed by atoms with E-state index in [1.165, 1.54) is 0 Å². The van der Waals surface area contributed by atoms with Gasteiger partial charge >= 0.3 is 35.5 Å². The summed E-state index contributed by atoms with van der Waals surface area (Å²) in [6.07, 6.45) is 0. The molecule has 0 aliphatic heterocycles. The van der Waals surface area contributed by atoms with Crippen molar-refractivity contribution in [2.24, 2.45) is 0 Å². The van der Waals surface area contributed by atoms with Crippen LogP contribution < -0.4 is 0 Å². The molecule has 166 valence electrons. The molecular weight excluding hydrogens is 458 g/mol. The average molecular weight is 462 g/mol. The van der Waals surface area contributed by atoms with Crippen LogP contribution in [0.15, 0.2) is 35.9 Å². The first-order valence-electron chi connectivity index (χ1n) is 7.47. The highest BCUT2D eigenvalue weighted by Gasteiger charge is 2.82. The van der Waals surface area contributed by atoms with Gasteiger partial charge in [0.1, 0.15) is 0 Å². The number of rotatable bonds is 2. The lowest BCUT2D eigenvalue weighted by molar-refractivity contribution is -0.263. The molecule has 0 saturated carbocycles. The van der Waals surface area contributed by atoms with Crippen molar-refractivity contribution in [1.82, 2.24) is 0 Å². The van der Waals surface area contributed by atoms with E-state index < -0.39 is 69.5 Å². The lowest BCUT2D eigenvalue weighted by Gasteiger charge is -2.25. The van der Waals surface area contributed by atoms with Crippen molar-refractivity contribution in [2.45, 2.75) is 35.5 Å². The van der Waals surface area contributed by atoms with Crippen molar-refractivity contribution in [3.8, 4) is 0 Å². The Labute approximate surface area is 156 Å². The Morgan fingerprint density at radius 2 is 0.633 bits per heavy atom. The summed E-state index contributed by atoms with van der Waals surface area (Å²) in [6.45, 7) is 0. The van der Waals surface area contributed by atoms with Crippen molar-refractivity contribution in [3.63, 3.8) is 0 Å². The third kappa shape index (κ3) is 2.24. The summed E-state index contributed by atoms with van der Waals surface area (Å²) in [4.78, 5) is 0. The van der Waals surface area contributed by atoms with E-state index in [2.05, 4.69) is 0 Å². The molecule has 14 heteroatoms. The van der Waals surface area contributed by atoms with Crippen LogP contribution in [0.2, 0.25) is 0 Å². The first kappa shape index (κ1) is 22.4. The zero-order chi connectivity index (χ0) is 23.3. The Kier molecular flexibility index (Phi) is 4.25. The third-order valence-electron chi connectivity index (χ3n) is 4.66. The van der Waals surface area contributed by atoms with Gasteiger partial charge in [-0.05, 0) is 11.1 Å². The van der Waals surface area contributed by atoms with E-state index in [1.54, 1.807) is 0 Å². The largest absolute Gasteiger partial charge is 0.383 e. The fourth-order valence-electron chi connectivity index (χ4n) is 2.99. The minimum absolute atomic E-state index is 0.0145. The Morgan fingerprint density at radius 3 is 0.800 bits per heavy atom. The van der Waals surface area contributed by atoms with Gasteiger partial charge in [0, 0.05) is 0 Å². The SMILES string of the molecule is FC1=C(c2ccc(C3=C(F)C(F)(F)C(F)(F)C3(F)F)cc2)C(F)(F)C(F)(F)C1(F)F. The van der Waals surface area contributed by atoms with E-state index in [0.717, 1.165) is 0 Å². The van der Waals surface area contributed by atoms with Crippen LogP contribution in [0, 0.1) is 0 Å². The average Bonchev–Trinajstić information content (AvgIpc) is 2.76. The topological polar surface area (TPSA) is 0 Å². The molecule has 1 aromatic rings. The normalized spacial score (nSPS) is 27.7. The predicted octanol–water partition coefficient (Wildman–Crippen LogP) is 6.89. The van der Waals surface area contributed by atoms with Crippen molar-refractivity contribution >= 4 is 11.1 Å². The Balaban J connectivity index is 2.14. The first-order valence-corrected chi connectivity index (χ1v) is 7.47. The fourth-order valence-corrected chi connectivity index (χ4v) is 2.99. The van der Waals surface area contributed by atoms with Crippen LogP contribution in [0.25, 0.3) is 11.1 Å². The lowest BCUT2D eigenvalue weighted by atomic mass is 9.96. The van der Waals surface area contributed by atoms with Crippen molar-refractivity contribution in [2.75, 3.05) is 0 Å². The molecule has 3 rings (SSSR count). The van der Waals surface area contributed by atoms with E-state index in [9.17, 15) is 61.5 Å². The standard InChI is InChI=1S/C16H4F14/c17-9-7(11(19,20)15(27,28)13(9,23)24)5-1-2-6(4-3-5)8-10(18)14(25,26)16(29,30)12(8,21)22/h1-4H. The summed E-state index contributed by atoms with van der Waals surface area (Å²) in [7, 11) is 0. The Bertz CT molecular complexity index is 885. The van der Waals surface area contributed by atoms with Crippen LogP contribution in [-0.2, 0) is 0 Å². The second kappa shape index (κ2) is 5.69. The highest BCUT2D eigenvalue weighted by atomic mass is 19.4. The number of alkyl halides is 12. The molecule has 0 unspecified atom stereocenters. The Morgan fingerprint density at radius 1 is 0.400 bits per heavy atom.